The number of amides is 1. The molecule has 3 N–H and O–H groups in total. The summed E-state index contributed by atoms with van der Waals surface area (Å²) in [5, 5.41) is 3.80. The summed E-state index contributed by atoms with van der Waals surface area (Å²) in [6, 6.07) is 15.6. The number of rotatable bonds is 4. The van der Waals surface area contributed by atoms with Crippen LogP contribution in [0.15, 0.2) is 48.5 Å². The normalized spacial score (nSPS) is 24.6. The quantitative estimate of drug-likeness (QED) is 0.772. The number of carbonyl (C=O) groups excluding carboxylic acids is 1. The minimum Gasteiger partial charge on any atom is -0.493 e. The van der Waals surface area contributed by atoms with E-state index < -0.39 is 0 Å². The van der Waals surface area contributed by atoms with Crippen LogP contribution in [0.1, 0.15) is 17.2 Å². The lowest BCUT2D eigenvalue weighted by atomic mass is 9.93. The Morgan fingerprint density at radius 3 is 2.85 bits per heavy atom. The molecule has 4 rings (SSSR count). The van der Waals surface area contributed by atoms with Gasteiger partial charge in [-0.25, -0.2) is 5.43 Å². The molecule has 1 fully saturated rings. The third-order valence-electron chi connectivity index (χ3n) is 5.07. The van der Waals surface area contributed by atoms with Gasteiger partial charge in [0.25, 0.3) is 0 Å². The van der Waals surface area contributed by atoms with Crippen molar-refractivity contribution in [1.29, 1.82) is 0 Å². The lowest BCUT2D eigenvalue weighted by molar-refractivity contribution is -0.125. The number of ether oxygens (including phenoxy) is 1. The van der Waals surface area contributed by atoms with Gasteiger partial charge in [-0.3, -0.25) is 10.2 Å². The fraction of sp³-hybridized carbons (Fsp3) is 0.350. The van der Waals surface area contributed by atoms with Gasteiger partial charge in [-0.2, -0.15) is 0 Å². The lowest BCUT2D eigenvalue weighted by Gasteiger charge is -2.26. The van der Waals surface area contributed by atoms with Crippen LogP contribution in [-0.2, 0) is 11.2 Å². The molecule has 0 spiro atoms. The molecule has 1 amide bonds. The monoisotopic (exact) mass is 371 g/mol. The van der Waals surface area contributed by atoms with Gasteiger partial charge in [0.15, 0.2) is 0 Å². The van der Waals surface area contributed by atoms with Gasteiger partial charge in [0.05, 0.1) is 18.6 Å². The van der Waals surface area contributed by atoms with E-state index in [-0.39, 0.29) is 17.9 Å². The summed E-state index contributed by atoms with van der Waals surface area (Å²) in [6.45, 7) is 1.86. The van der Waals surface area contributed by atoms with Gasteiger partial charge >= 0.3 is 0 Å². The Balaban J connectivity index is 1.35. The van der Waals surface area contributed by atoms with Gasteiger partial charge in [0.2, 0.25) is 5.91 Å². The molecule has 5 nitrogen and oxygen atoms in total. The molecule has 2 aromatic carbocycles. The minimum absolute atomic E-state index is 0.0568. The topological polar surface area (TPSA) is 62.4 Å². The Hall–Kier alpha value is -2.08. The summed E-state index contributed by atoms with van der Waals surface area (Å²) in [5.74, 6) is 1.15. The maximum atomic E-state index is 12.7. The van der Waals surface area contributed by atoms with Crippen LogP contribution in [0.5, 0.6) is 5.75 Å². The molecule has 2 heterocycles. The zero-order chi connectivity index (χ0) is 17.9. The number of para-hydroxylation sites is 1. The first-order chi connectivity index (χ1) is 12.7. The Morgan fingerprint density at radius 2 is 2.00 bits per heavy atom. The summed E-state index contributed by atoms with van der Waals surface area (Å²) in [6.07, 6.45) is 0.929. The molecule has 26 heavy (non-hydrogen) atoms. The Bertz CT molecular complexity index is 781. The van der Waals surface area contributed by atoms with Gasteiger partial charge in [0, 0.05) is 24.0 Å². The van der Waals surface area contributed by atoms with E-state index in [1.165, 1.54) is 5.56 Å². The Labute approximate surface area is 158 Å². The molecule has 2 aromatic rings. The predicted octanol–water partition coefficient (Wildman–Crippen LogP) is 2.47. The highest BCUT2D eigenvalue weighted by Gasteiger charge is 2.34. The van der Waals surface area contributed by atoms with Crippen molar-refractivity contribution in [3.05, 3.63) is 64.7 Å². The van der Waals surface area contributed by atoms with Crippen molar-refractivity contribution in [2.45, 2.75) is 12.5 Å². The van der Waals surface area contributed by atoms with Crippen LogP contribution >= 0.6 is 11.6 Å². The van der Waals surface area contributed by atoms with Crippen molar-refractivity contribution >= 4 is 17.5 Å². The zero-order valence-electron chi connectivity index (χ0n) is 14.4. The molecule has 6 heteroatoms. The van der Waals surface area contributed by atoms with E-state index in [1.54, 1.807) is 0 Å². The molecule has 2 aliphatic heterocycles. The van der Waals surface area contributed by atoms with E-state index >= 15 is 0 Å². The first-order valence-electron chi connectivity index (χ1n) is 8.93. The van der Waals surface area contributed by atoms with E-state index in [2.05, 4.69) is 22.2 Å². The average molecular weight is 372 g/mol. The first kappa shape index (κ1) is 17.3. The highest BCUT2D eigenvalue weighted by atomic mass is 35.5. The zero-order valence-corrected chi connectivity index (χ0v) is 15.1. The highest BCUT2D eigenvalue weighted by molar-refractivity contribution is 6.30. The maximum Gasteiger partial charge on any atom is 0.226 e. The first-order valence-corrected chi connectivity index (χ1v) is 9.31. The number of benzene rings is 2. The van der Waals surface area contributed by atoms with E-state index in [4.69, 9.17) is 16.3 Å². The molecule has 3 atom stereocenters. The number of hydrogen-bond donors (Lipinski definition) is 3. The second kappa shape index (κ2) is 7.66. The molecule has 0 aliphatic carbocycles. The number of carbonyl (C=O) groups is 1. The number of fused-ring (bicyclic) bond motifs is 1. The molecule has 1 saturated heterocycles. The summed E-state index contributed by atoms with van der Waals surface area (Å²) in [7, 11) is 0. The fourth-order valence-electron chi connectivity index (χ4n) is 3.63. The Morgan fingerprint density at radius 1 is 1.19 bits per heavy atom. The standard InChI is InChI=1S/C20H22ClN3O2/c21-16-7-5-14(6-8-16)19-17(11-23-24-19)20(25)22-10-13-9-15-3-1-2-4-18(15)26-12-13/h1-8,13,17,19,23-24H,9-12H2,(H,22,25). The van der Waals surface area contributed by atoms with E-state index in [0.29, 0.717) is 30.6 Å². The number of halogens is 1. The van der Waals surface area contributed by atoms with Crippen LogP contribution < -0.4 is 20.9 Å². The molecular formula is C20H22ClN3O2. The van der Waals surface area contributed by atoms with Gasteiger partial charge in [-0.15, -0.1) is 0 Å². The van der Waals surface area contributed by atoms with Crippen LogP contribution in [0.3, 0.4) is 0 Å². The van der Waals surface area contributed by atoms with Crippen LogP contribution in [0, 0.1) is 11.8 Å². The molecular weight excluding hydrogens is 350 g/mol. The highest BCUT2D eigenvalue weighted by Crippen LogP contribution is 2.28. The summed E-state index contributed by atoms with van der Waals surface area (Å²) >= 11 is 5.96. The fourth-order valence-corrected chi connectivity index (χ4v) is 3.75. The van der Waals surface area contributed by atoms with Gasteiger partial charge < -0.3 is 10.1 Å². The number of hydrazine groups is 1. The summed E-state index contributed by atoms with van der Waals surface area (Å²) in [4.78, 5) is 12.7. The third kappa shape index (κ3) is 3.70. The van der Waals surface area contributed by atoms with Crippen LogP contribution in [0.25, 0.3) is 0 Å². The minimum atomic E-state index is -0.159. The van der Waals surface area contributed by atoms with Crippen molar-refractivity contribution in [2.75, 3.05) is 19.7 Å². The van der Waals surface area contributed by atoms with Crippen LogP contribution in [0.2, 0.25) is 5.02 Å². The molecule has 0 saturated carbocycles. The number of nitrogens with one attached hydrogen (secondary N) is 3. The third-order valence-corrected chi connectivity index (χ3v) is 5.32. The molecule has 0 radical (unpaired) electrons. The second-order valence-electron chi connectivity index (χ2n) is 6.89. The van der Waals surface area contributed by atoms with Crippen molar-refractivity contribution in [1.82, 2.24) is 16.2 Å². The summed E-state index contributed by atoms with van der Waals surface area (Å²) in [5.41, 5.74) is 8.55. The molecule has 3 unspecified atom stereocenters. The maximum absolute atomic E-state index is 12.7. The molecule has 136 valence electrons. The summed E-state index contributed by atoms with van der Waals surface area (Å²) < 4.78 is 5.81. The van der Waals surface area contributed by atoms with Gasteiger partial charge in [0.1, 0.15) is 5.75 Å². The Kier molecular flexibility index (Phi) is 5.11. The number of hydrogen-bond acceptors (Lipinski definition) is 4. The predicted molar refractivity (Wildman–Crippen MR) is 101 cm³/mol. The van der Waals surface area contributed by atoms with Gasteiger partial charge in [-0.05, 0) is 35.7 Å². The van der Waals surface area contributed by atoms with E-state index in [9.17, 15) is 4.79 Å². The molecule has 2 aliphatic rings. The smallest absolute Gasteiger partial charge is 0.226 e. The lowest BCUT2D eigenvalue weighted by Crippen LogP contribution is -2.40. The van der Waals surface area contributed by atoms with Crippen molar-refractivity contribution in [2.24, 2.45) is 11.8 Å². The largest absolute Gasteiger partial charge is 0.493 e. The second-order valence-corrected chi connectivity index (χ2v) is 7.33. The van der Waals surface area contributed by atoms with E-state index in [0.717, 1.165) is 17.7 Å². The molecule has 0 aromatic heterocycles. The van der Waals surface area contributed by atoms with Crippen LogP contribution in [-0.4, -0.2) is 25.6 Å². The van der Waals surface area contributed by atoms with E-state index in [1.807, 2.05) is 42.5 Å². The SMILES string of the molecule is O=C(NCC1COc2ccccc2C1)C1CNNC1c1ccc(Cl)cc1. The van der Waals surface area contributed by atoms with Crippen molar-refractivity contribution in [3.8, 4) is 5.75 Å². The van der Waals surface area contributed by atoms with Crippen LogP contribution in [0.4, 0.5) is 0 Å². The van der Waals surface area contributed by atoms with Crippen molar-refractivity contribution in [3.63, 3.8) is 0 Å². The molecule has 0 bridgehead atoms. The van der Waals surface area contributed by atoms with Gasteiger partial charge in [-0.1, -0.05) is 41.9 Å². The average Bonchev–Trinajstić information content (AvgIpc) is 3.16. The van der Waals surface area contributed by atoms with Crippen molar-refractivity contribution < 1.29 is 9.53 Å².